The fourth-order valence-corrected chi connectivity index (χ4v) is 2.32. The topological polar surface area (TPSA) is 66.2 Å². The smallest absolute Gasteiger partial charge is 0.392 e. The zero-order chi connectivity index (χ0) is 25.0. The van der Waals surface area contributed by atoms with Gasteiger partial charge in [0.15, 0.2) is 0 Å². The van der Waals surface area contributed by atoms with Crippen LogP contribution in [-0.2, 0) is 20.1 Å². The number of aliphatic hydroxyl groups excluding tert-OH is 2. The Hall–Kier alpha value is -1.62. The number of alkyl halides is 7. The zero-order valence-corrected chi connectivity index (χ0v) is 20.5. The van der Waals surface area contributed by atoms with Crippen molar-refractivity contribution in [3.05, 3.63) is 48.4 Å². The molecule has 4 nitrogen and oxygen atoms in total. The summed E-state index contributed by atoms with van der Waals surface area (Å²) in [5, 5.41) is 18.3. The molecule has 2 atom stereocenters. The molecule has 1 aromatic heterocycles. The Morgan fingerprint density at radius 2 is 1.45 bits per heavy atom. The van der Waals surface area contributed by atoms with Gasteiger partial charge < -0.3 is 15.2 Å². The summed E-state index contributed by atoms with van der Waals surface area (Å²) >= 11 is 0. The Morgan fingerprint density at radius 3 is 1.88 bits per heavy atom. The van der Waals surface area contributed by atoms with Gasteiger partial charge in [0.25, 0.3) is 0 Å². The van der Waals surface area contributed by atoms with Crippen molar-refractivity contribution in [3.63, 3.8) is 0 Å². The maximum Gasteiger partial charge on any atom is 0.459 e. The molecule has 0 fully saturated rings. The molecule has 33 heavy (non-hydrogen) atoms. The van der Waals surface area contributed by atoms with Crippen LogP contribution in [0, 0.1) is 18.4 Å². The molecule has 2 rings (SSSR count). The number of benzene rings is 1. The van der Waals surface area contributed by atoms with Crippen LogP contribution in [0.3, 0.4) is 0 Å². The molecule has 0 aliphatic rings. The van der Waals surface area contributed by atoms with Crippen LogP contribution in [0.5, 0.6) is 0 Å². The average molecular weight is 662 g/mol. The van der Waals surface area contributed by atoms with Crippen LogP contribution in [0.15, 0.2) is 36.7 Å². The molecule has 1 radical (unpaired) electrons. The monoisotopic (exact) mass is 662 g/mol. The van der Waals surface area contributed by atoms with Crippen molar-refractivity contribution in [2.45, 2.75) is 64.3 Å². The molecule has 0 aliphatic heterocycles. The van der Waals surface area contributed by atoms with Crippen LogP contribution in [0.4, 0.5) is 30.7 Å². The van der Waals surface area contributed by atoms with Gasteiger partial charge in [0.2, 0.25) is 0 Å². The van der Waals surface area contributed by atoms with E-state index in [1.54, 1.807) is 12.4 Å². The first-order chi connectivity index (χ1) is 14.4. The van der Waals surface area contributed by atoms with Gasteiger partial charge >= 0.3 is 18.0 Å². The van der Waals surface area contributed by atoms with Crippen molar-refractivity contribution in [3.8, 4) is 11.3 Å². The maximum absolute atomic E-state index is 13.0. The standard InChI is InChI=1S/C11H9N2.C10H15F7O2.Ir/c1-9-11(13-8-7-12-9)10-5-3-2-4-6-10;1-7(2,3)5(18)4-6(19)8(11,12)9(13,14)10(15,16)17;/h2-5,7-8H,1H3;5-6,18-19H,4H2,1-3H3;/q-1;;. The van der Waals surface area contributed by atoms with Crippen molar-refractivity contribution in [1.82, 2.24) is 9.97 Å². The van der Waals surface area contributed by atoms with Crippen LogP contribution in [0.25, 0.3) is 11.3 Å². The Morgan fingerprint density at radius 1 is 0.909 bits per heavy atom. The normalized spacial score (nSPS) is 14.5. The average Bonchev–Trinajstić information content (AvgIpc) is 2.67. The van der Waals surface area contributed by atoms with E-state index >= 15 is 0 Å². The van der Waals surface area contributed by atoms with Crippen LogP contribution in [-0.4, -0.2) is 50.4 Å². The molecule has 0 spiro atoms. The third kappa shape index (κ3) is 7.98. The molecule has 1 heterocycles. The van der Waals surface area contributed by atoms with Gasteiger partial charge in [-0.1, -0.05) is 20.8 Å². The van der Waals surface area contributed by atoms with Crippen molar-refractivity contribution in [2.75, 3.05) is 0 Å². The molecular weight excluding hydrogens is 637 g/mol. The van der Waals surface area contributed by atoms with Crippen LogP contribution < -0.4 is 0 Å². The molecule has 2 unspecified atom stereocenters. The third-order valence-corrected chi connectivity index (χ3v) is 4.48. The molecule has 12 heteroatoms. The van der Waals surface area contributed by atoms with Gasteiger partial charge in [-0.15, -0.1) is 35.9 Å². The molecule has 0 bridgehead atoms. The maximum atomic E-state index is 13.0. The number of aliphatic hydroxyl groups is 2. The Balaban J connectivity index is 0.000000635. The Kier molecular flexibility index (Phi) is 11.1. The largest absolute Gasteiger partial charge is 0.459 e. The second kappa shape index (κ2) is 11.7. The summed E-state index contributed by atoms with van der Waals surface area (Å²) in [7, 11) is 0. The van der Waals surface area contributed by atoms with Gasteiger partial charge in [0.1, 0.15) is 6.10 Å². The van der Waals surface area contributed by atoms with Crippen molar-refractivity contribution >= 4 is 0 Å². The molecule has 0 saturated heterocycles. The van der Waals surface area contributed by atoms with Gasteiger partial charge in [0.05, 0.1) is 6.10 Å². The molecule has 2 aromatic rings. The number of rotatable bonds is 5. The molecule has 2 N–H and O–H groups in total. The van der Waals surface area contributed by atoms with E-state index in [0.717, 1.165) is 17.0 Å². The fourth-order valence-electron chi connectivity index (χ4n) is 2.32. The van der Waals surface area contributed by atoms with Gasteiger partial charge in [-0.25, -0.2) is 0 Å². The number of hydrogen-bond acceptors (Lipinski definition) is 4. The Labute approximate surface area is 200 Å². The molecular formula is C21H24F7IrN2O2-. The van der Waals surface area contributed by atoms with E-state index in [1.165, 1.54) is 20.8 Å². The van der Waals surface area contributed by atoms with E-state index in [9.17, 15) is 35.8 Å². The van der Waals surface area contributed by atoms with Crippen molar-refractivity contribution in [2.24, 2.45) is 5.41 Å². The van der Waals surface area contributed by atoms with Crippen LogP contribution >= 0.6 is 0 Å². The molecule has 1 aromatic carbocycles. The zero-order valence-electron chi connectivity index (χ0n) is 18.1. The molecule has 0 aliphatic carbocycles. The van der Waals surface area contributed by atoms with E-state index in [2.05, 4.69) is 16.0 Å². The second-order valence-electron chi connectivity index (χ2n) is 8.10. The van der Waals surface area contributed by atoms with Gasteiger partial charge in [-0.3, -0.25) is 4.98 Å². The Bertz CT molecular complexity index is 860. The minimum Gasteiger partial charge on any atom is -0.392 e. The van der Waals surface area contributed by atoms with E-state index in [4.69, 9.17) is 5.11 Å². The van der Waals surface area contributed by atoms with Crippen LogP contribution in [0.1, 0.15) is 32.9 Å². The van der Waals surface area contributed by atoms with E-state index < -0.39 is 42.1 Å². The summed E-state index contributed by atoms with van der Waals surface area (Å²) in [5.74, 6) is -12.1. The summed E-state index contributed by atoms with van der Waals surface area (Å²) in [5.41, 5.74) is 1.78. The van der Waals surface area contributed by atoms with Gasteiger partial charge in [0, 0.05) is 50.3 Å². The number of nitrogens with zero attached hydrogens (tertiary/aromatic N) is 2. The summed E-state index contributed by atoms with van der Waals surface area (Å²) in [6.45, 7) is 6.00. The fraction of sp³-hybridized carbons (Fsp3) is 0.524. The first-order valence-electron chi connectivity index (χ1n) is 9.36. The minimum atomic E-state index is -6.50. The number of aromatic nitrogens is 2. The number of halogens is 7. The number of hydrogen-bond donors (Lipinski definition) is 2. The third-order valence-electron chi connectivity index (χ3n) is 4.48. The van der Waals surface area contributed by atoms with E-state index in [1.807, 2.05) is 31.2 Å². The van der Waals surface area contributed by atoms with Crippen molar-refractivity contribution in [1.29, 1.82) is 0 Å². The predicted octanol–water partition coefficient (Wildman–Crippen LogP) is 5.23. The molecule has 0 amide bonds. The van der Waals surface area contributed by atoms with Crippen molar-refractivity contribution < 1.29 is 61.1 Å². The molecule has 0 saturated carbocycles. The first kappa shape index (κ1) is 31.4. The number of aryl methyl sites for hydroxylation is 1. The van der Waals surface area contributed by atoms with Gasteiger partial charge in [-0.2, -0.15) is 30.7 Å². The summed E-state index contributed by atoms with van der Waals surface area (Å²) < 4.78 is 86.8. The second-order valence-corrected chi connectivity index (χ2v) is 8.10. The van der Waals surface area contributed by atoms with E-state index in [0.29, 0.717) is 0 Å². The first-order valence-corrected chi connectivity index (χ1v) is 9.36. The van der Waals surface area contributed by atoms with E-state index in [-0.39, 0.29) is 20.1 Å². The summed E-state index contributed by atoms with van der Waals surface area (Å²) in [4.78, 5) is 8.43. The SMILES string of the molecule is CC(C)(C)C(O)CC(O)C(F)(F)C(F)(F)C(F)(F)F.Cc1nccnc1-c1[c-]cccc1.[Ir]. The minimum absolute atomic E-state index is 0. The van der Waals surface area contributed by atoms with Crippen LogP contribution in [0.2, 0.25) is 0 Å². The quantitative estimate of drug-likeness (QED) is 0.341. The summed E-state index contributed by atoms with van der Waals surface area (Å²) in [6.07, 6.45) is -9.40. The molecule has 189 valence electrons. The predicted molar refractivity (Wildman–Crippen MR) is 103 cm³/mol. The summed E-state index contributed by atoms with van der Waals surface area (Å²) in [6, 6.07) is 10.9. The van der Waals surface area contributed by atoms with Gasteiger partial charge in [-0.05, 0) is 12.3 Å².